The van der Waals surface area contributed by atoms with E-state index in [-0.39, 0.29) is 30.8 Å². The molecule has 0 radical (unpaired) electrons. The third-order valence-corrected chi connectivity index (χ3v) is 7.77. The molecule has 0 saturated heterocycles. The highest BCUT2D eigenvalue weighted by atomic mass is 32.1. The molecule has 0 bridgehead atoms. The molecule has 4 rings (SSSR count). The molecule has 1 N–H and O–H groups in total. The summed E-state index contributed by atoms with van der Waals surface area (Å²) in [4.78, 5) is 42.3. The molecule has 200 valence electrons. The molecule has 1 aromatic heterocycles. The highest BCUT2D eigenvalue weighted by Gasteiger charge is 2.33. The van der Waals surface area contributed by atoms with Gasteiger partial charge in [-0.1, -0.05) is 49.6 Å². The van der Waals surface area contributed by atoms with Crippen LogP contribution in [0.15, 0.2) is 66.0 Å². The molecule has 2 aromatic carbocycles. The Hall–Kier alpha value is -3.65. The van der Waals surface area contributed by atoms with Gasteiger partial charge < -0.3 is 19.7 Å². The largest absolute Gasteiger partial charge is 0.497 e. The Morgan fingerprint density at radius 3 is 2.29 bits per heavy atom. The minimum atomic E-state index is -0.863. The van der Waals surface area contributed by atoms with Crippen molar-refractivity contribution >= 4 is 29.1 Å². The van der Waals surface area contributed by atoms with Gasteiger partial charge in [0.2, 0.25) is 11.8 Å². The number of methoxy groups -OCH3 is 2. The van der Waals surface area contributed by atoms with E-state index < -0.39 is 12.0 Å². The zero-order valence-corrected chi connectivity index (χ0v) is 22.7. The highest BCUT2D eigenvalue weighted by molar-refractivity contribution is 7.10. The number of benzene rings is 2. The van der Waals surface area contributed by atoms with Crippen LogP contribution in [0.3, 0.4) is 0 Å². The summed E-state index contributed by atoms with van der Waals surface area (Å²) < 4.78 is 10.1. The first kappa shape index (κ1) is 27.4. The van der Waals surface area contributed by atoms with Crippen LogP contribution in [0.25, 0.3) is 0 Å². The van der Waals surface area contributed by atoms with Crippen molar-refractivity contribution in [2.45, 2.75) is 57.2 Å². The van der Waals surface area contributed by atoms with Crippen molar-refractivity contribution in [1.82, 2.24) is 10.2 Å². The third-order valence-electron chi connectivity index (χ3n) is 6.90. The Morgan fingerprint density at radius 2 is 1.68 bits per heavy atom. The fourth-order valence-electron chi connectivity index (χ4n) is 4.83. The Labute approximate surface area is 227 Å². The number of thiophene rings is 1. The Bertz CT molecular complexity index is 1200. The monoisotopic (exact) mass is 534 g/mol. The highest BCUT2D eigenvalue weighted by Crippen LogP contribution is 2.28. The Kier molecular flexibility index (Phi) is 9.54. The Balaban J connectivity index is 1.70. The molecule has 8 heteroatoms. The molecule has 1 aliphatic rings. The van der Waals surface area contributed by atoms with Crippen LogP contribution < -0.4 is 10.1 Å². The summed E-state index contributed by atoms with van der Waals surface area (Å²) in [7, 11) is 2.94. The predicted molar refractivity (Wildman–Crippen MR) is 147 cm³/mol. The normalized spacial score (nSPS) is 14.4. The van der Waals surface area contributed by atoms with Crippen LogP contribution in [0.5, 0.6) is 5.75 Å². The zero-order chi connectivity index (χ0) is 26.9. The van der Waals surface area contributed by atoms with Gasteiger partial charge in [0.25, 0.3) is 0 Å². The van der Waals surface area contributed by atoms with Gasteiger partial charge >= 0.3 is 5.97 Å². The maximum absolute atomic E-state index is 13.9. The van der Waals surface area contributed by atoms with Crippen molar-refractivity contribution in [3.05, 3.63) is 87.6 Å². The molecule has 38 heavy (non-hydrogen) atoms. The summed E-state index contributed by atoms with van der Waals surface area (Å²) in [6, 6.07) is 17.3. The Morgan fingerprint density at radius 1 is 0.974 bits per heavy atom. The van der Waals surface area contributed by atoms with Crippen molar-refractivity contribution in [3.63, 3.8) is 0 Å². The quantitative estimate of drug-likeness (QED) is 0.357. The lowest BCUT2D eigenvalue weighted by Crippen LogP contribution is -2.47. The van der Waals surface area contributed by atoms with Crippen LogP contribution in [0.4, 0.5) is 0 Å². The van der Waals surface area contributed by atoms with Gasteiger partial charge in [-0.25, -0.2) is 4.79 Å². The number of hydrogen-bond acceptors (Lipinski definition) is 6. The van der Waals surface area contributed by atoms with Crippen molar-refractivity contribution < 1.29 is 23.9 Å². The van der Waals surface area contributed by atoms with Crippen LogP contribution in [0.2, 0.25) is 0 Å². The molecule has 1 fully saturated rings. The van der Waals surface area contributed by atoms with Crippen LogP contribution in [0.1, 0.15) is 64.5 Å². The lowest BCUT2D eigenvalue weighted by molar-refractivity contribution is -0.141. The molecular formula is C30H34N2O5S. The number of ether oxygens (including phenoxy) is 2. The van der Waals surface area contributed by atoms with Gasteiger partial charge in [-0.05, 0) is 59.7 Å². The van der Waals surface area contributed by atoms with E-state index in [1.165, 1.54) is 24.9 Å². The van der Waals surface area contributed by atoms with Gasteiger partial charge in [0.15, 0.2) is 0 Å². The van der Waals surface area contributed by atoms with E-state index in [1.54, 1.807) is 36.3 Å². The van der Waals surface area contributed by atoms with Crippen molar-refractivity contribution in [2.24, 2.45) is 0 Å². The van der Waals surface area contributed by atoms with E-state index in [0.29, 0.717) is 11.1 Å². The van der Waals surface area contributed by atoms with E-state index >= 15 is 0 Å². The lowest BCUT2D eigenvalue weighted by atomic mass is 9.94. The van der Waals surface area contributed by atoms with Crippen LogP contribution in [0, 0.1) is 0 Å². The minimum absolute atomic E-state index is 0.0864. The van der Waals surface area contributed by atoms with Crippen molar-refractivity contribution in [1.29, 1.82) is 0 Å². The van der Waals surface area contributed by atoms with Crippen molar-refractivity contribution in [2.75, 3.05) is 14.2 Å². The zero-order valence-electron chi connectivity index (χ0n) is 21.9. The number of amides is 2. The van der Waals surface area contributed by atoms with E-state index in [0.717, 1.165) is 41.9 Å². The van der Waals surface area contributed by atoms with E-state index in [4.69, 9.17) is 9.47 Å². The topological polar surface area (TPSA) is 84.9 Å². The first-order valence-electron chi connectivity index (χ1n) is 12.9. The number of carbonyl (C=O) groups is 3. The number of carbonyl (C=O) groups excluding carboxylic acids is 3. The molecule has 0 spiro atoms. The van der Waals surface area contributed by atoms with Gasteiger partial charge in [-0.3, -0.25) is 9.59 Å². The maximum atomic E-state index is 13.9. The molecule has 7 nitrogen and oxygen atoms in total. The average molecular weight is 535 g/mol. The number of esters is 1. The number of hydrogen-bond donors (Lipinski definition) is 1. The fraction of sp³-hybridized carbons (Fsp3) is 0.367. The van der Waals surface area contributed by atoms with Gasteiger partial charge in [-0.15, -0.1) is 11.3 Å². The van der Waals surface area contributed by atoms with Gasteiger partial charge in [-0.2, -0.15) is 0 Å². The van der Waals surface area contributed by atoms with E-state index in [9.17, 15) is 14.4 Å². The SMILES string of the molecule is COC(=O)c1ccc([C@H](C(=O)NC2CCCCC2)N(Cc2ccc(OC)cc2)C(=O)Cc2cccs2)cc1. The second kappa shape index (κ2) is 13.2. The second-order valence-corrected chi connectivity index (χ2v) is 10.5. The molecule has 1 heterocycles. The smallest absolute Gasteiger partial charge is 0.337 e. The summed E-state index contributed by atoms with van der Waals surface area (Å²) in [5.74, 6) is -0.0984. The standard InChI is InChI=1S/C30H34N2O5S/c1-36-25-16-10-21(11-17-25)20-32(27(33)19-26-9-6-18-38-26)28(29(34)31-24-7-4-3-5-8-24)22-12-14-23(15-13-22)30(35)37-2/h6,9-18,24,28H,3-5,7-8,19-20H2,1-2H3,(H,31,34)/t28-/m1/s1. The summed E-state index contributed by atoms with van der Waals surface area (Å²) in [5, 5.41) is 5.16. The summed E-state index contributed by atoms with van der Waals surface area (Å²) in [6.07, 6.45) is 5.39. The third kappa shape index (κ3) is 7.01. The maximum Gasteiger partial charge on any atom is 0.337 e. The van der Waals surface area contributed by atoms with Crippen LogP contribution in [-0.2, 0) is 27.3 Å². The van der Waals surface area contributed by atoms with E-state index in [2.05, 4.69) is 5.32 Å². The van der Waals surface area contributed by atoms with Crippen molar-refractivity contribution in [3.8, 4) is 5.75 Å². The molecule has 0 unspecified atom stereocenters. The second-order valence-electron chi connectivity index (χ2n) is 9.49. The molecule has 1 atom stereocenters. The lowest BCUT2D eigenvalue weighted by Gasteiger charge is -2.33. The summed E-state index contributed by atoms with van der Waals surface area (Å²) in [6.45, 7) is 0.246. The number of nitrogens with zero attached hydrogens (tertiary/aromatic N) is 1. The average Bonchev–Trinajstić information content (AvgIpc) is 3.46. The first-order valence-corrected chi connectivity index (χ1v) is 13.8. The molecule has 1 aliphatic carbocycles. The molecule has 0 aliphatic heterocycles. The molecule has 3 aromatic rings. The predicted octanol–water partition coefficient (Wildman–Crippen LogP) is 5.30. The first-order chi connectivity index (χ1) is 18.5. The molecule has 1 saturated carbocycles. The number of nitrogens with one attached hydrogen (secondary N) is 1. The molecule has 2 amide bonds. The van der Waals surface area contributed by atoms with Gasteiger partial charge in [0.1, 0.15) is 11.8 Å². The number of rotatable bonds is 10. The fourth-order valence-corrected chi connectivity index (χ4v) is 5.53. The summed E-state index contributed by atoms with van der Waals surface area (Å²) >= 11 is 1.52. The van der Waals surface area contributed by atoms with E-state index in [1.807, 2.05) is 41.8 Å². The van der Waals surface area contributed by atoms with Gasteiger partial charge in [0.05, 0.1) is 26.2 Å². The summed E-state index contributed by atoms with van der Waals surface area (Å²) in [5.41, 5.74) is 1.90. The minimum Gasteiger partial charge on any atom is -0.497 e. The van der Waals surface area contributed by atoms with Gasteiger partial charge in [0, 0.05) is 17.5 Å². The van der Waals surface area contributed by atoms with Crippen LogP contribution in [-0.4, -0.2) is 42.9 Å². The van der Waals surface area contributed by atoms with Crippen LogP contribution >= 0.6 is 11.3 Å². The molecular weight excluding hydrogens is 500 g/mol.